The van der Waals surface area contributed by atoms with Crippen molar-refractivity contribution in [3.05, 3.63) is 65.5 Å². The molecule has 1 aromatic carbocycles. The van der Waals surface area contributed by atoms with E-state index in [9.17, 15) is 18.3 Å². The fourth-order valence-electron chi connectivity index (χ4n) is 2.09. The zero-order chi connectivity index (χ0) is 16.2. The van der Waals surface area contributed by atoms with Gasteiger partial charge in [-0.3, -0.25) is 4.98 Å². The molecule has 1 aromatic heterocycles. The number of pyridine rings is 1. The van der Waals surface area contributed by atoms with Crippen molar-refractivity contribution in [2.45, 2.75) is 25.2 Å². The molecule has 2 aromatic rings. The van der Waals surface area contributed by atoms with E-state index in [0.717, 1.165) is 12.1 Å². The molecule has 0 spiro atoms. The van der Waals surface area contributed by atoms with Crippen LogP contribution in [0.3, 0.4) is 0 Å². The number of alkyl halides is 3. The van der Waals surface area contributed by atoms with Crippen LogP contribution in [-0.2, 0) is 6.18 Å². The number of halogens is 3. The van der Waals surface area contributed by atoms with Crippen molar-refractivity contribution in [1.82, 2.24) is 10.3 Å². The van der Waals surface area contributed by atoms with Crippen LogP contribution < -0.4 is 5.32 Å². The van der Waals surface area contributed by atoms with Crippen LogP contribution in [0.15, 0.2) is 48.8 Å². The predicted octanol–water partition coefficient (Wildman–Crippen LogP) is 3.48. The molecule has 1 heterocycles. The monoisotopic (exact) mass is 310 g/mol. The highest BCUT2D eigenvalue weighted by molar-refractivity contribution is 5.27. The minimum Gasteiger partial charge on any atom is -0.387 e. The summed E-state index contributed by atoms with van der Waals surface area (Å²) in [6.07, 6.45) is -1.94. The molecule has 2 unspecified atom stereocenters. The first-order valence-corrected chi connectivity index (χ1v) is 6.86. The molecule has 2 N–H and O–H groups in total. The maximum absolute atomic E-state index is 12.7. The third-order valence-corrected chi connectivity index (χ3v) is 3.42. The van der Waals surface area contributed by atoms with E-state index in [1.165, 1.54) is 6.07 Å². The number of hydrogen-bond acceptors (Lipinski definition) is 3. The fourth-order valence-corrected chi connectivity index (χ4v) is 2.09. The Morgan fingerprint density at radius 3 is 2.45 bits per heavy atom. The fraction of sp³-hybridized carbons (Fsp3) is 0.312. The van der Waals surface area contributed by atoms with Crippen LogP contribution in [0.4, 0.5) is 13.2 Å². The summed E-state index contributed by atoms with van der Waals surface area (Å²) in [5.74, 6) is 0. The van der Waals surface area contributed by atoms with Gasteiger partial charge in [0.1, 0.15) is 0 Å². The number of hydrogen-bond donors (Lipinski definition) is 2. The molecule has 0 bridgehead atoms. The maximum atomic E-state index is 12.7. The van der Waals surface area contributed by atoms with E-state index in [1.807, 2.05) is 0 Å². The number of rotatable bonds is 5. The van der Waals surface area contributed by atoms with Crippen molar-refractivity contribution in [3.8, 4) is 0 Å². The Morgan fingerprint density at radius 2 is 1.82 bits per heavy atom. The molecule has 3 nitrogen and oxygen atoms in total. The molecule has 2 atom stereocenters. The highest BCUT2D eigenvalue weighted by Gasteiger charge is 2.30. The lowest BCUT2D eigenvalue weighted by molar-refractivity contribution is -0.137. The van der Waals surface area contributed by atoms with Crippen molar-refractivity contribution in [2.75, 3.05) is 6.54 Å². The number of aliphatic hydroxyl groups is 1. The predicted molar refractivity (Wildman–Crippen MR) is 77.1 cm³/mol. The van der Waals surface area contributed by atoms with Crippen LogP contribution in [0.1, 0.15) is 35.8 Å². The molecule has 0 saturated heterocycles. The smallest absolute Gasteiger partial charge is 0.387 e. The van der Waals surface area contributed by atoms with Crippen LogP contribution >= 0.6 is 0 Å². The average molecular weight is 310 g/mol. The van der Waals surface area contributed by atoms with Gasteiger partial charge in [-0.1, -0.05) is 12.1 Å². The molecular formula is C16H17F3N2O. The molecule has 0 aliphatic heterocycles. The van der Waals surface area contributed by atoms with E-state index in [2.05, 4.69) is 10.3 Å². The summed E-state index contributed by atoms with van der Waals surface area (Å²) >= 11 is 0. The summed E-state index contributed by atoms with van der Waals surface area (Å²) in [7, 11) is 0. The Labute approximate surface area is 126 Å². The second-order valence-electron chi connectivity index (χ2n) is 5.05. The summed E-state index contributed by atoms with van der Waals surface area (Å²) in [6, 6.07) is 8.27. The van der Waals surface area contributed by atoms with E-state index in [-0.39, 0.29) is 12.6 Å². The van der Waals surface area contributed by atoms with Gasteiger partial charge in [-0.2, -0.15) is 13.2 Å². The Kier molecular flexibility index (Phi) is 5.15. The summed E-state index contributed by atoms with van der Waals surface area (Å²) in [5.41, 5.74) is 0.559. The van der Waals surface area contributed by atoms with Gasteiger partial charge in [0.25, 0.3) is 0 Å². The summed E-state index contributed by atoms with van der Waals surface area (Å²) in [6.45, 7) is 2.00. The van der Waals surface area contributed by atoms with Gasteiger partial charge in [0.15, 0.2) is 0 Å². The Morgan fingerprint density at radius 1 is 1.14 bits per heavy atom. The standard InChI is InChI=1S/C16H17F3N2O/c1-11(13-3-2-4-14(9-13)16(17,18)19)21-10-15(22)12-5-7-20-8-6-12/h2-9,11,15,21-22H,10H2,1H3. The molecule has 0 radical (unpaired) electrons. The zero-order valence-corrected chi connectivity index (χ0v) is 12.0. The van der Waals surface area contributed by atoms with E-state index in [0.29, 0.717) is 11.1 Å². The van der Waals surface area contributed by atoms with Crippen LogP contribution in [-0.4, -0.2) is 16.6 Å². The highest BCUT2D eigenvalue weighted by Crippen LogP contribution is 2.30. The SMILES string of the molecule is CC(NCC(O)c1ccncc1)c1cccc(C(F)(F)F)c1. The van der Waals surface area contributed by atoms with Crippen molar-refractivity contribution in [3.63, 3.8) is 0 Å². The number of nitrogens with zero attached hydrogens (tertiary/aromatic N) is 1. The molecule has 0 aliphatic rings. The molecule has 0 aliphatic carbocycles. The van der Waals surface area contributed by atoms with E-state index >= 15 is 0 Å². The van der Waals surface area contributed by atoms with E-state index in [4.69, 9.17) is 0 Å². The van der Waals surface area contributed by atoms with Gasteiger partial charge in [-0.05, 0) is 42.3 Å². The number of aromatic nitrogens is 1. The summed E-state index contributed by atoms with van der Waals surface area (Å²) in [4.78, 5) is 3.87. The first kappa shape index (κ1) is 16.5. The Bertz CT molecular complexity index is 602. The second kappa shape index (κ2) is 6.89. The number of aliphatic hydroxyl groups excluding tert-OH is 1. The van der Waals surface area contributed by atoms with Gasteiger partial charge in [-0.25, -0.2) is 0 Å². The van der Waals surface area contributed by atoms with Gasteiger partial charge in [-0.15, -0.1) is 0 Å². The third-order valence-electron chi connectivity index (χ3n) is 3.42. The van der Waals surface area contributed by atoms with Gasteiger partial charge in [0.2, 0.25) is 0 Å². The van der Waals surface area contributed by atoms with Crippen LogP contribution in [0, 0.1) is 0 Å². The Hall–Kier alpha value is -1.92. The largest absolute Gasteiger partial charge is 0.416 e. The number of benzene rings is 1. The Balaban J connectivity index is 1.99. The summed E-state index contributed by atoms with van der Waals surface area (Å²) < 4.78 is 38.1. The molecule has 6 heteroatoms. The van der Waals surface area contributed by atoms with Crippen molar-refractivity contribution in [2.24, 2.45) is 0 Å². The van der Waals surface area contributed by atoms with Crippen molar-refractivity contribution < 1.29 is 18.3 Å². The lowest BCUT2D eigenvalue weighted by Gasteiger charge is -2.18. The highest BCUT2D eigenvalue weighted by atomic mass is 19.4. The first-order valence-electron chi connectivity index (χ1n) is 6.86. The molecule has 2 rings (SSSR count). The molecule has 0 saturated carbocycles. The molecule has 118 valence electrons. The third kappa shape index (κ3) is 4.29. The lowest BCUT2D eigenvalue weighted by Crippen LogP contribution is -2.25. The van der Waals surface area contributed by atoms with Crippen LogP contribution in [0.25, 0.3) is 0 Å². The van der Waals surface area contributed by atoms with Crippen LogP contribution in [0.5, 0.6) is 0 Å². The topological polar surface area (TPSA) is 45.1 Å². The first-order chi connectivity index (χ1) is 10.4. The summed E-state index contributed by atoms with van der Waals surface area (Å²) in [5, 5.41) is 13.1. The quantitative estimate of drug-likeness (QED) is 0.888. The van der Waals surface area contributed by atoms with E-state index in [1.54, 1.807) is 37.5 Å². The zero-order valence-electron chi connectivity index (χ0n) is 12.0. The van der Waals surface area contributed by atoms with E-state index < -0.39 is 17.8 Å². The molecule has 0 amide bonds. The minimum absolute atomic E-state index is 0.238. The minimum atomic E-state index is -4.35. The molecule has 22 heavy (non-hydrogen) atoms. The van der Waals surface area contributed by atoms with Gasteiger partial charge < -0.3 is 10.4 Å². The molecule has 0 fully saturated rings. The van der Waals surface area contributed by atoms with Crippen molar-refractivity contribution in [1.29, 1.82) is 0 Å². The number of nitrogens with one attached hydrogen (secondary N) is 1. The maximum Gasteiger partial charge on any atom is 0.416 e. The van der Waals surface area contributed by atoms with Gasteiger partial charge in [0, 0.05) is 25.0 Å². The van der Waals surface area contributed by atoms with Gasteiger partial charge >= 0.3 is 6.18 Å². The normalized spacial score (nSPS) is 14.6. The lowest BCUT2D eigenvalue weighted by atomic mass is 10.0. The second-order valence-corrected chi connectivity index (χ2v) is 5.05. The van der Waals surface area contributed by atoms with Crippen LogP contribution in [0.2, 0.25) is 0 Å². The average Bonchev–Trinajstić information content (AvgIpc) is 2.52. The molecular weight excluding hydrogens is 293 g/mol. The van der Waals surface area contributed by atoms with Crippen molar-refractivity contribution >= 4 is 0 Å². The van der Waals surface area contributed by atoms with Gasteiger partial charge in [0.05, 0.1) is 11.7 Å².